The minimum Gasteiger partial charge on any atom is -0.512 e. The van der Waals surface area contributed by atoms with Crippen LogP contribution in [0, 0.1) is 11.8 Å². The number of ether oxygens (including phenoxy) is 1. The quantitative estimate of drug-likeness (QED) is 0.344. The molecule has 2 fully saturated rings. The Morgan fingerprint density at radius 3 is 2.53 bits per heavy atom. The van der Waals surface area contributed by atoms with Crippen molar-refractivity contribution in [2.45, 2.75) is 30.5 Å². The predicted molar refractivity (Wildman–Crippen MR) is 137 cm³/mol. The number of fused-ring (bicyclic) bond motifs is 2. The first kappa shape index (κ1) is 24.3. The fourth-order valence-electron chi connectivity index (χ4n) is 6.89. The van der Waals surface area contributed by atoms with Crippen LogP contribution in [0.25, 0.3) is 16.9 Å². The number of allylic oxidation sites excluding steroid dienone is 1. The lowest BCUT2D eigenvalue weighted by Gasteiger charge is -2.63. The maximum Gasteiger partial charge on any atom is 0.251 e. The van der Waals surface area contributed by atoms with Gasteiger partial charge in [-0.2, -0.15) is 0 Å². The molecule has 4 aliphatic rings. The SMILES string of the molecule is CN(C)c1cc(-c2ccc(N)nc2)c(O)c2c1CC1CC3CC(O)=C(C(N)=O)C4(O)CO[C@]34C(=O)C1=C2O. The standard InChI is InChI=1S/C27H28N4O7/c1-31(2)16-8-14(11-3-4-18(28)30-9-11)22(33)20-15(16)6-12-5-13-7-17(32)21(25(29)36)26(37)10-38-27(13,26)24(35)19(12)23(20)34/h3-4,8-9,12-13,32-34,37H,5-7,10H2,1-2H3,(H2,28,30)(H2,29,36)/t12?,13?,26?,27-/m0/s1. The molecule has 198 valence electrons. The number of aromatic hydroxyl groups is 1. The highest BCUT2D eigenvalue weighted by atomic mass is 16.6. The first-order chi connectivity index (χ1) is 17.9. The number of carbonyl (C=O) groups excluding carboxylic acids is 2. The number of hydrogen-bond donors (Lipinski definition) is 6. The van der Waals surface area contributed by atoms with Crippen molar-refractivity contribution in [1.29, 1.82) is 0 Å². The van der Waals surface area contributed by atoms with Gasteiger partial charge < -0.3 is 41.5 Å². The van der Waals surface area contributed by atoms with Crippen molar-refractivity contribution >= 4 is 29.0 Å². The molecule has 3 unspecified atom stereocenters. The Morgan fingerprint density at radius 2 is 1.95 bits per heavy atom. The Bertz CT molecular complexity index is 1500. The van der Waals surface area contributed by atoms with Crippen molar-refractivity contribution in [1.82, 2.24) is 4.98 Å². The number of ketones is 1. The lowest BCUT2D eigenvalue weighted by Crippen LogP contribution is -2.80. The third-order valence-electron chi connectivity index (χ3n) is 8.55. The molecule has 38 heavy (non-hydrogen) atoms. The lowest BCUT2D eigenvalue weighted by molar-refractivity contribution is -0.300. The third kappa shape index (κ3) is 2.82. The lowest BCUT2D eigenvalue weighted by atomic mass is 9.51. The van der Waals surface area contributed by atoms with Gasteiger partial charge in [-0.05, 0) is 42.5 Å². The zero-order valence-corrected chi connectivity index (χ0v) is 20.9. The summed E-state index contributed by atoms with van der Waals surface area (Å²) in [6.45, 7) is -0.392. The van der Waals surface area contributed by atoms with Gasteiger partial charge in [-0.3, -0.25) is 9.59 Å². The van der Waals surface area contributed by atoms with Crippen LogP contribution in [0.2, 0.25) is 0 Å². The molecule has 1 amide bonds. The molecule has 1 aliphatic heterocycles. The van der Waals surface area contributed by atoms with Gasteiger partial charge in [0.25, 0.3) is 5.91 Å². The van der Waals surface area contributed by atoms with Crippen molar-refractivity contribution in [3.8, 4) is 16.9 Å². The number of aliphatic hydroxyl groups is 3. The summed E-state index contributed by atoms with van der Waals surface area (Å²) in [7, 11) is 3.68. The minimum absolute atomic E-state index is 0.0182. The zero-order chi connectivity index (χ0) is 27.3. The number of pyridine rings is 1. The van der Waals surface area contributed by atoms with E-state index >= 15 is 0 Å². The Hall–Kier alpha value is -4.09. The molecule has 3 aliphatic carbocycles. The average Bonchev–Trinajstić information content (AvgIpc) is 2.83. The van der Waals surface area contributed by atoms with Crippen molar-refractivity contribution < 1.29 is 34.8 Å². The molecule has 1 saturated heterocycles. The highest BCUT2D eigenvalue weighted by Gasteiger charge is 2.75. The van der Waals surface area contributed by atoms with Crippen LogP contribution >= 0.6 is 0 Å². The maximum atomic E-state index is 14.1. The van der Waals surface area contributed by atoms with E-state index in [2.05, 4.69) is 4.98 Å². The summed E-state index contributed by atoms with van der Waals surface area (Å²) < 4.78 is 5.76. The number of Topliss-reactive ketones (excluding diaryl/α,β-unsaturated/α-hetero) is 1. The number of carbonyl (C=O) groups is 2. The topological polar surface area (TPSA) is 192 Å². The molecule has 11 heteroatoms. The average molecular weight is 521 g/mol. The molecule has 11 nitrogen and oxygen atoms in total. The molecular weight excluding hydrogens is 492 g/mol. The molecular formula is C27H28N4O7. The smallest absolute Gasteiger partial charge is 0.251 e. The second kappa shape index (κ2) is 7.71. The Kier molecular flexibility index (Phi) is 4.92. The second-order valence-corrected chi connectivity index (χ2v) is 10.7. The number of amides is 1. The van der Waals surface area contributed by atoms with Crippen LogP contribution in [0.15, 0.2) is 41.3 Å². The van der Waals surface area contributed by atoms with E-state index < -0.39 is 52.7 Å². The van der Waals surface area contributed by atoms with Crippen LogP contribution in [0.5, 0.6) is 5.75 Å². The monoisotopic (exact) mass is 520 g/mol. The highest BCUT2D eigenvalue weighted by molar-refractivity contribution is 6.13. The fraction of sp³-hybridized carbons (Fsp3) is 0.370. The van der Waals surface area contributed by atoms with Crippen LogP contribution in [-0.2, 0) is 20.7 Å². The summed E-state index contributed by atoms with van der Waals surface area (Å²) in [5.41, 5.74) is 9.27. The number of primary amides is 1. The van der Waals surface area contributed by atoms with Crippen LogP contribution in [0.3, 0.4) is 0 Å². The number of aromatic nitrogens is 1. The predicted octanol–water partition coefficient (Wildman–Crippen LogP) is 1.33. The Morgan fingerprint density at radius 1 is 1.21 bits per heavy atom. The molecule has 8 N–H and O–H groups in total. The van der Waals surface area contributed by atoms with Crippen LogP contribution in [0.1, 0.15) is 24.0 Å². The van der Waals surface area contributed by atoms with E-state index in [9.17, 15) is 30.0 Å². The molecule has 1 saturated carbocycles. The van der Waals surface area contributed by atoms with Gasteiger partial charge >= 0.3 is 0 Å². The van der Waals surface area contributed by atoms with E-state index in [0.29, 0.717) is 35.3 Å². The first-order valence-electron chi connectivity index (χ1n) is 12.3. The van der Waals surface area contributed by atoms with E-state index in [0.717, 1.165) is 5.69 Å². The van der Waals surface area contributed by atoms with E-state index in [1.165, 1.54) is 6.20 Å². The van der Waals surface area contributed by atoms with Gasteiger partial charge in [-0.1, -0.05) is 0 Å². The molecule has 0 radical (unpaired) electrons. The van der Waals surface area contributed by atoms with Crippen molar-refractivity contribution in [2.24, 2.45) is 17.6 Å². The number of benzene rings is 1. The van der Waals surface area contributed by atoms with E-state index in [-0.39, 0.29) is 29.1 Å². The van der Waals surface area contributed by atoms with Gasteiger partial charge in [0, 0.05) is 55.0 Å². The van der Waals surface area contributed by atoms with E-state index in [1.807, 2.05) is 19.0 Å². The van der Waals surface area contributed by atoms with Gasteiger partial charge in [0.1, 0.15) is 23.1 Å². The Balaban J connectivity index is 1.56. The molecule has 2 heterocycles. The molecule has 4 atom stereocenters. The minimum atomic E-state index is -2.12. The number of rotatable bonds is 3. The fourth-order valence-corrected chi connectivity index (χ4v) is 6.89. The summed E-state index contributed by atoms with van der Waals surface area (Å²) in [4.78, 5) is 32.2. The summed E-state index contributed by atoms with van der Waals surface area (Å²) in [6, 6.07) is 5.09. The first-order valence-corrected chi connectivity index (χ1v) is 12.3. The Labute approximate surface area is 217 Å². The largest absolute Gasteiger partial charge is 0.512 e. The summed E-state index contributed by atoms with van der Waals surface area (Å²) in [5, 5.41) is 45.1. The van der Waals surface area contributed by atoms with Crippen molar-refractivity contribution in [2.75, 3.05) is 31.3 Å². The molecule has 0 bridgehead atoms. The van der Waals surface area contributed by atoms with Crippen molar-refractivity contribution in [3.63, 3.8) is 0 Å². The number of phenolic OH excluding ortho intramolecular Hbond substituents is 1. The summed E-state index contributed by atoms with van der Waals surface area (Å²) in [5.74, 6) is -3.49. The number of nitrogens with zero attached hydrogens (tertiary/aromatic N) is 2. The van der Waals surface area contributed by atoms with Crippen LogP contribution in [-0.4, -0.2) is 69.0 Å². The number of phenols is 1. The normalized spacial score (nSPS) is 29.6. The molecule has 1 aromatic carbocycles. The molecule has 1 aromatic heterocycles. The van der Waals surface area contributed by atoms with Gasteiger partial charge in [-0.25, -0.2) is 4.98 Å². The molecule has 2 aromatic rings. The summed E-state index contributed by atoms with van der Waals surface area (Å²) >= 11 is 0. The number of nitrogen functional groups attached to an aromatic ring is 1. The molecule has 6 rings (SSSR count). The van der Waals surface area contributed by atoms with Crippen LogP contribution < -0.4 is 16.4 Å². The number of anilines is 2. The number of nitrogens with two attached hydrogens (primary N) is 2. The highest BCUT2D eigenvalue weighted by Crippen LogP contribution is 2.61. The zero-order valence-electron chi connectivity index (χ0n) is 20.9. The van der Waals surface area contributed by atoms with Gasteiger partial charge in [-0.15, -0.1) is 0 Å². The van der Waals surface area contributed by atoms with Gasteiger partial charge in [0.2, 0.25) is 0 Å². The number of hydrogen-bond acceptors (Lipinski definition) is 10. The van der Waals surface area contributed by atoms with Crippen LogP contribution in [0.4, 0.5) is 11.5 Å². The second-order valence-electron chi connectivity index (χ2n) is 10.7. The molecule has 1 spiro atoms. The van der Waals surface area contributed by atoms with Gasteiger partial charge in [0.15, 0.2) is 17.0 Å². The third-order valence-corrected chi connectivity index (χ3v) is 8.55. The number of aliphatic hydroxyl groups excluding tert-OH is 2. The van der Waals surface area contributed by atoms with E-state index in [1.54, 1.807) is 18.2 Å². The summed E-state index contributed by atoms with van der Waals surface area (Å²) in [6.07, 6.45) is 2.05. The maximum absolute atomic E-state index is 14.1. The van der Waals surface area contributed by atoms with E-state index in [4.69, 9.17) is 16.2 Å². The van der Waals surface area contributed by atoms with Crippen molar-refractivity contribution in [3.05, 3.63) is 52.4 Å². The van der Waals surface area contributed by atoms with Gasteiger partial charge in [0.05, 0.1) is 17.7 Å².